The molecule has 22 heavy (non-hydrogen) atoms. The summed E-state index contributed by atoms with van der Waals surface area (Å²) in [5.41, 5.74) is -0.715. The quantitative estimate of drug-likeness (QED) is 0.457. The number of hydrogen-bond acceptors (Lipinski definition) is 3. The smallest absolute Gasteiger partial charge is 0.416 e. The molecule has 0 spiro atoms. The summed E-state index contributed by atoms with van der Waals surface area (Å²) < 4.78 is 43.0. The molecule has 0 bridgehead atoms. The number of guanidine groups is 1. The van der Waals surface area contributed by atoms with E-state index in [2.05, 4.69) is 15.6 Å². The first kappa shape index (κ1) is 18.5. The average Bonchev–Trinajstić information content (AvgIpc) is 2.49. The van der Waals surface area contributed by atoms with Gasteiger partial charge in [-0.1, -0.05) is 6.07 Å². The van der Waals surface area contributed by atoms with E-state index in [1.165, 1.54) is 12.1 Å². The highest BCUT2D eigenvalue weighted by molar-refractivity contribution is 7.98. The zero-order valence-electron chi connectivity index (χ0n) is 12.5. The maximum Gasteiger partial charge on any atom is 0.416 e. The molecule has 124 valence electrons. The van der Waals surface area contributed by atoms with Crippen LogP contribution in [0.2, 0.25) is 0 Å². The Morgan fingerprint density at radius 2 is 2.00 bits per heavy atom. The lowest BCUT2D eigenvalue weighted by Gasteiger charge is -2.13. The summed E-state index contributed by atoms with van der Waals surface area (Å²) >= 11 is 1.72. The molecule has 0 aromatic heterocycles. The van der Waals surface area contributed by atoms with Crippen molar-refractivity contribution in [3.8, 4) is 5.75 Å². The van der Waals surface area contributed by atoms with Crippen molar-refractivity contribution >= 4 is 17.7 Å². The second-order valence-corrected chi connectivity index (χ2v) is 5.28. The van der Waals surface area contributed by atoms with Crippen LogP contribution >= 0.6 is 11.8 Å². The minimum Gasteiger partial charge on any atom is -0.492 e. The number of aliphatic imine (C=N–C) groups is 1. The number of thioether (sulfide) groups is 1. The van der Waals surface area contributed by atoms with Crippen LogP contribution in [-0.2, 0) is 6.18 Å². The van der Waals surface area contributed by atoms with Gasteiger partial charge < -0.3 is 15.4 Å². The molecular formula is C14H20F3N3OS. The minimum absolute atomic E-state index is 0.196. The zero-order valence-corrected chi connectivity index (χ0v) is 13.4. The third-order valence-corrected chi connectivity index (χ3v) is 3.26. The fraction of sp³-hybridized carbons (Fsp3) is 0.500. The third-order valence-electron chi connectivity index (χ3n) is 2.65. The van der Waals surface area contributed by atoms with Crippen LogP contribution in [0, 0.1) is 0 Å². The van der Waals surface area contributed by atoms with Gasteiger partial charge in [-0.05, 0) is 24.5 Å². The molecule has 0 unspecified atom stereocenters. The van der Waals surface area contributed by atoms with Crippen molar-refractivity contribution < 1.29 is 17.9 Å². The summed E-state index contributed by atoms with van der Waals surface area (Å²) in [5, 5.41) is 6.14. The van der Waals surface area contributed by atoms with Gasteiger partial charge >= 0.3 is 6.18 Å². The lowest BCUT2D eigenvalue weighted by atomic mass is 10.2. The fourth-order valence-corrected chi connectivity index (χ4v) is 1.90. The van der Waals surface area contributed by atoms with Gasteiger partial charge in [-0.25, -0.2) is 0 Å². The second kappa shape index (κ2) is 9.45. The van der Waals surface area contributed by atoms with Crippen molar-refractivity contribution in [1.82, 2.24) is 10.6 Å². The van der Waals surface area contributed by atoms with Crippen LogP contribution in [0.1, 0.15) is 5.56 Å². The van der Waals surface area contributed by atoms with E-state index in [0.29, 0.717) is 12.5 Å². The van der Waals surface area contributed by atoms with Gasteiger partial charge in [-0.2, -0.15) is 24.9 Å². The summed E-state index contributed by atoms with van der Waals surface area (Å²) in [5.74, 6) is 1.80. The zero-order chi connectivity index (χ0) is 16.4. The highest BCUT2D eigenvalue weighted by Crippen LogP contribution is 2.31. The van der Waals surface area contributed by atoms with Gasteiger partial charge in [0, 0.05) is 19.3 Å². The number of ether oxygens (including phenoxy) is 1. The first-order chi connectivity index (χ1) is 10.5. The summed E-state index contributed by atoms with van der Waals surface area (Å²) in [4.78, 5) is 4.03. The van der Waals surface area contributed by atoms with Crippen LogP contribution in [0.15, 0.2) is 29.3 Å². The van der Waals surface area contributed by atoms with Crippen LogP contribution in [-0.4, -0.2) is 44.7 Å². The molecule has 8 heteroatoms. The Morgan fingerprint density at radius 1 is 1.27 bits per heavy atom. The van der Waals surface area contributed by atoms with E-state index in [9.17, 15) is 13.2 Å². The van der Waals surface area contributed by atoms with Gasteiger partial charge in [0.2, 0.25) is 0 Å². The lowest BCUT2D eigenvalue weighted by molar-refractivity contribution is -0.137. The Hall–Kier alpha value is -1.57. The van der Waals surface area contributed by atoms with Crippen molar-refractivity contribution in [2.45, 2.75) is 6.18 Å². The number of nitrogens with zero attached hydrogens (tertiary/aromatic N) is 1. The van der Waals surface area contributed by atoms with Crippen molar-refractivity contribution in [3.63, 3.8) is 0 Å². The van der Waals surface area contributed by atoms with Crippen LogP contribution in [0.25, 0.3) is 0 Å². The summed E-state index contributed by atoms with van der Waals surface area (Å²) in [6.07, 6.45) is -2.35. The molecule has 0 aliphatic heterocycles. The van der Waals surface area contributed by atoms with E-state index in [1.54, 1.807) is 18.8 Å². The van der Waals surface area contributed by atoms with Gasteiger partial charge in [0.15, 0.2) is 5.96 Å². The van der Waals surface area contributed by atoms with Crippen molar-refractivity contribution in [2.24, 2.45) is 4.99 Å². The molecule has 0 saturated carbocycles. The number of hydrogen-bond donors (Lipinski definition) is 2. The Kier molecular flexibility index (Phi) is 7.94. The SMILES string of the molecule is CN=C(NCCOc1cccc(C(F)(F)F)c1)NCCSC. The maximum absolute atomic E-state index is 12.6. The van der Waals surface area contributed by atoms with E-state index in [4.69, 9.17) is 4.74 Å². The fourth-order valence-electron chi connectivity index (χ4n) is 1.59. The minimum atomic E-state index is -4.36. The predicted molar refractivity (Wildman–Crippen MR) is 84.7 cm³/mol. The molecule has 0 fully saturated rings. The number of rotatable bonds is 7. The Balaban J connectivity index is 2.35. The molecular weight excluding hydrogens is 315 g/mol. The standard InChI is InChI=1S/C14H20F3N3OS/c1-18-13(20-7-9-22-2)19-6-8-21-12-5-3-4-11(10-12)14(15,16)17/h3-5,10H,6-9H2,1-2H3,(H2,18,19,20). The number of benzene rings is 1. The molecule has 0 aliphatic rings. The molecule has 4 nitrogen and oxygen atoms in total. The normalized spacial score (nSPS) is 12.1. The molecule has 0 heterocycles. The number of halogens is 3. The van der Waals surface area contributed by atoms with Crippen molar-refractivity contribution in [3.05, 3.63) is 29.8 Å². The first-order valence-electron chi connectivity index (χ1n) is 6.71. The van der Waals surface area contributed by atoms with E-state index in [0.717, 1.165) is 24.4 Å². The summed E-state index contributed by atoms with van der Waals surface area (Å²) in [7, 11) is 1.65. The molecule has 1 rings (SSSR count). The van der Waals surface area contributed by atoms with Crippen LogP contribution in [0.3, 0.4) is 0 Å². The van der Waals surface area contributed by atoms with Gasteiger partial charge in [-0.15, -0.1) is 0 Å². The molecule has 0 saturated heterocycles. The monoisotopic (exact) mass is 335 g/mol. The number of alkyl halides is 3. The topological polar surface area (TPSA) is 45.7 Å². The highest BCUT2D eigenvalue weighted by Gasteiger charge is 2.30. The van der Waals surface area contributed by atoms with Gasteiger partial charge in [0.25, 0.3) is 0 Å². The Morgan fingerprint density at radius 3 is 2.64 bits per heavy atom. The molecule has 0 aliphatic carbocycles. The summed E-state index contributed by atoms with van der Waals surface area (Å²) in [6, 6.07) is 4.84. The third kappa shape index (κ3) is 6.93. The molecule has 0 atom stereocenters. The Labute approximate surface area is 132 Å². The van der Waals surface area contributed by atoms with Gasteiger partial charge in [0.1, 0.15) is 12.4 Å². The van der Waals surface area contributed by atoms with Crippen molar-refractivity contribution in [1.29, 1.82) is 0 Å². The number of nitrogens with one attached hydrogen (secondary N) is 2. The van der Waals surface area contributed by atoms with E-state index in [1.807, 2.05) is 6.26 Å². The van der Waals surface area contributed by atoms with Gasteiger partial charge in [0.05, 0.1) is 12.1 Å². The first-order valence-corrected chi connectivity index (χ1v) is 8.10. The van der Waals surface area contributed by atoms with Crippen molar-refractivity contribution in [2.75, 3.05) is 38.8 Å². The molecule has 1 aromatic carbocycles. The van der Waals surface area contributed by atoms with Gasteiger partial charge in [-0.3, -0.25) is 4.99 Å². The maximum atomic E-state index is 12.6. The molecule has 0 radical (unpaired) electrons. The second-order valence-electron chi connectivity index (χ2n) is 4.29. The lowest BCUT2D eigenvalue weighted by Crippen LogP contribution is -2.40. The molecule has 2 N–H and O–H groups in total. The van der Waals surface area contributed by atoms with Crippen LogP contribution in [0.5, 0.6) is 5.75 Å². The molecule has 1 aromatic rings. The summed E-state index contributed by atoms with van der Waals surface area (Å²) in [6.45, 7) is 1.47. The van der Waals surface area contributed by atoms with E-state index < -0.39 is 11.7 Å². The largest absolute Gasteiger partial charge is 0.492 e. The molecule has 0 amide bonds. The average molecular weight is 335 g/mol. The predicted octanol–water partition coefficient (Wildman–Crippen LogP) is 2.61. The van der Waals surface area contributed by atoms with E-state index >= 15 is 0 Å². The van der Waals surface area contributed by atoms with Crippen LogP contribution in [0.4, 0.5) is 13.2 Å². The van der Waals surface area contributed by atoms with E-state index in [-0.39, 0.29) is 12.4 Å². The van der Waals surface area contributed by atoms with Crippen LogP contribution < -0.4 is 15.4 Å². The highest BCUT2D eigenvalue weighted by atomic mass is 32.2. The Bertz CT molecular complexity index is 481.